The van der Waals surface area contributed by atoms with Gasteiger partial charge in [0.2, 0.25) is 0 Å². The number of allylic oxidation sites excluding steroid dienone is 2. The molecular weight excluding hydrogens is 208 g/mol. The zero-order valence-corrected chi connectivity index (χ0v) is 12.4. The molecular formula is C16H30O. The van der Waals surface area contributed by atoms with Crippen LogP contribution < -0.4 is 0 Å². The zero-order chi connectivity index (χ0) is 13.3. The molecule has 0 saturated heterocycles. The Bertz CT molecular complexity index is 202. The number of hydrogen-bond acceptors (Lipinski definition) is 1. The van der Waals surface area contributed by atoms with Gasteiger partial charge in [-0.2, -0.15) is 0 Å². The van der Waals surface area contributed by atoms with Gasteiger partial charge in [-0.25, -0.2) is 0 Å². The monoisotopic (exact) mass is 238 g/mol. The van der Waals surface area contributed by atoms with Gasteiger partial charge in [-0.3, -0.25) is 0 Å². The van der Waals surface area contributed by atoms with Crippen LogP contribution in [0.4, 0.5) is 0 Å². The highest BCUT2D eigenvalue weighted by Crippen LogP contribution is 2.15. The fraction of sp³-hybridized carbons (Fsp3) is 0.750. The smallest absolute Gasteiger partial charge is 0.0861 e. The van der Waals surface area contributed by atoms with Gasteiger partial charge in [-0.05, 0) is 48.7 Å². The molecule has 0 amide bonds. The molecule has 1 heteroatoms. The third-order valence-corrected chi connectivity index (χ3v) is 3.64. The van der Waals surface area contributed by atoms with Crippen LogP contribution in [0.3, 0.4) is 0 Å². The summed E-state index contributed by atoms with van der Waals surface area (Å²) in [7, 11) is 0. The highest BCUT2D eigenvalue weighted by Gasteiger charge is 2.04. The SMILES string of the molecule is CC(C)C(C)CC=COC=CCC(C)C(C)C. The first kappa shape index (κ1) is 16.3. The van der Waals surface area contributed by atoms with Gasteiger partial charge in [0.05, 0.1) is 12.5 Å². The molecule has 0 saturated carbocycles. The van der Waals surface area contributed by atoms with Crippen molar-refractivity contribution in [3.63, 3.8) is 0 Å². The van der Waals surface area contributed by atoms with Crippen LogP contribution in [0, 0.1) is 23.7 Å². The molecule has 0 aromatic heterocycles. The van der Waals surface area contributed by atoms with Crippen molar-refractivity contribution in [1.82, 2.24) is 0 Å². The summed E-state index contributed by atoms with van der Waals surface area (Å²) >= 11 is 0. The molecule has 0 heterocycles. The maximum absolute atomic E-state index is 5.33. The van der Waals surface area contributed by atoms with Gasteiger partial charge >= 0.3 is 0 Å². The Balaban J connectivity index is 3.63. The van der Waals surface area contributed by atoms with Crippen LogP contribution in [-0.4, -0.2) is 0 Å². The predicted octanol–water partition coefficient (Wildman–Crippen LogP) is 5.39. The lowest BCUT2D eigenvalue weighted by Gasteiger charge is -2.12. The molecule has 0 aliphatic heterocycles. The van der Waals surface area contributed by atoms with E-state index in [1.54, 1.807) is 12.5 Å². The summed E-state index contributed by atoms with van der Waals surface area (Å²) in [6.45, 7) is 13.6. The molecule has 2 unspecified atom stereocenters. The van der Waals surface area contributed by atoms with E-state index in [9.17, 15) is 0 Å². The van der Waals surface area contributed by atoms with Crippen molar-refractivity contribution in [1.29, 1.82) is 0 Å². The number of ether oxygens (including phenoxy) is 1. The molecule has 0 radical (unpaired) electrons. The van der Waals surface area contributed by atoms with Crippen molar-refractivity contribution in [3.8, 4) is 0 Å². The molecule has 0 aliphatic carbocycles. The van der Waals surface area contributed by atoms with Crippen LogP contribution in [0.25, 0.3) is 0 Å². The Hall–Kier alpha value is -0.720. The van der Waals surface area contributed by atoms with Crippen molar-refractivity contribution in [2.75, 3.05) is 0 Å². The molecule has 17 heavy (non-hydrogen) atoms. The lowest BCUT2D eigenvalue weighted by Crippen LogP contribution is -2.01. The summed E-state index contributed by atoms with van der Waals surface area (Å²) in [4.78, 5) is 0. The summed E-state index contributed by atoms with van der Waals surface area (Å²) in [5.41, 5.74) is 0. The van der Waals surface area contributed by atoms with E-state index in [-0.39, 0.29) is 0 Å². The topological polar surface area (TPSA) is 9.23 Å². The molecule has 0 fully saturated rings. The van der Waals surface area contributed by atoms with E-state index < -0.39 is 0 Å². The summed E-state index contributed by atoms with van der Waals surface area (Å²) in [5, 5.41) is 0. The van der Waals surface area contributed by atoms with E-state index in [1.807, 2.05) is 0 Å². The van der Waals surface area contributed by atoms with Gasteiger partial charge in [0.1, 0.15) is 0 Å². The highest BCUT2D eigenvalue weighted by atomic mass is 16.5. The molecule has 0 aromatic rings. The normalized spacial score (nSPS) is 16.2. The van der Waals surface area contributed by atoms with E-state index >= 15 is 0 Å². The molecule has 100 valence electrons. The van der Waals surface area contributed by atoms with Crippen molar-refractivity contribution in [2.45, 2.75) is 54.4 Å². The fourth-order valence-corrected chi connectivity index (χ4v) is 1.24. The first-order chi connectivity index (χ1) is 7.95. The van der Waals surface area contributed by atoms with Gasteiger partial charge < -0.3 is 4.74 Å². The quantitative estimate of drug-likeness (QED) is 0.515. The minimum atomic E-state index is 0.722. The van der Waals surface area contributed by atoms with Crippen molar-refractivity contribution < 1.29 is 4.74 Å². The number of rotatable bonds is 8. The van der Waals surface area contributed by atoms with Gasteiger partial charge in [-0.15, -0.1) is 0 Å². The molecule has 0 N–H and O–H groups in total. The first-order valence-electron chi connectivity index (χ1n) is 6.90. The summed E-state index contributed by atoms with van der Waals surface area (Å²) in [5.74, 6) is 2.92. The van der Waals surface area contributed by atoms with Crippen LogP contribution in [0.15, 0.2) is 24.7 Å². The number of hydrogen-bond donors (Lipinski definition) is 0. The molecule has 2 atom stereocenters. The predicted molar refractivity (Wildman–Crippen MR) is 76.6 cm³/mol. The Kier molecular flexibility index (Phi) is 8.93. The molecule has 0 aromatic carbocycles. The third kappa shape index (κ3) is 9.02. The second-order valence-corrected chi connectivity index (χ2v) is 5.79. The molecule has 0 aliphatic rings. The lowest BCUT2D eigenvalue weighted by molar-refractivity contribution is 0.379. The van der Waals surface area contributed by atoms with Gasteiger partial charge in [0.25, 0.3) is 0 Å². The summed E-state index contributed by atoms with van der Waals surface area (Å²) < 4.78 is 5.33. The Morgan fingerprint density at radius 2 is 1.06 bits per heavy atom. The van der Waals surface area contributed by atoms with Gasteiger partial charge in [0.15, 0.2) is 0 Å². The average molecular weight is 238 g/mol. The Morgan fingerprint density at radius 1 is 0.706 bits per heavy atom. The molecule has 0 bridgehead atoms. The molecule has 0 spiro atoms. The fourth-order valence-electron chi connectivity index (χ4n) is 1.24. The average Bonchev–Trinajstić information content (AvgIpc) is 2.26. The van der Waals surface area contributed by atoms with Gasteiger partial charge in [-0.1, -0.05) is 41.5 Å². The Morgan fingerprint density at radius 3 is 1.35 bits per heavy atom. The van der Waals surface area contributed by atoms with Gasteiger partial charge in [0, 0.05) is 0 Å². The molecule has 0 rings (SSSR count). The maximum Gasteiger partial charge on any atom is 0.0861 e. The van der Waals surface area contributed by atoms with Crippen LogP contribution >= 0.6 is 0 Å². The standard InChI is InChI=1S/C16H30O/c1-13(2)15(5)9-7-11-17-12-8-10-16(6)14(3)4/h7-8,11-16H,9-10H2,1-6H3. The summed E-state index contributed by atoms with van der Waals surface area (Å²) in [6, 6.07) is 0. The van der Waals surface area contributed by atoms with E-state index in [2.05, 4.69) is 53.7 Å². The molecule has 1 nitrogen and oxygen atoms in total. The van der Waals surface area contributed by atoms with Crippen LogP contribution in [0.2, 0.25) is 0 Å². The van der Waals surface area contributed by atoms with E-state index in [1.165, 1.54) is 0 Å². The second-order valence-electron chi connectivity index (χ2n) is 5.79. The van der Waals surface area contributed by atoms with Crippen molar-refractivity contribution in [3.05, 3.63) is 24.7 Å². The first-order valence-corrected chi connectivity index (χ1v) is 6.90. The van der Waals surface area contributed by atoms with E-state index in [4.69, 9.17) is 4.74 Å². The highest BCUT2D eigenvalue weighted by molar-refractivity contribution is 4.82. The van der Waals surface area contributed by atoms with E-state index in [0.717, 1.165) is 36.5 Å². The second kappa shape index (κ2) is 9.32. The van der Waals surface area contributed by atoms with Crippen molar-refractivity contribution in [2.24, 2.45) is 23.7 Å². The van der Waals surface area contributed by atoms with E-state index in [0.29, 0.717) is 0 Å². The van der Waals surface area contributed by atoms with Crippen molar-refractivity contribution >= 4 is 0 Å². The van der Waals surface area contributed by atoms with Crippen LogP contribution in [0.1, 0.15) is 54.4 Å². The lowest BCUT2D eigenvalue weighted by atomic mass is 9.95. The Labute approximate surface area is 108 Å². The minimum absolute atomic E-state index is 0.722. The minimum Gasteiger partial charge on any atom is -0.473 e. The summed E-state index contributed by atoms with van der Waals surface area (Å²) in [6.07, 6.45) is 10.0. The maximum atomic E-state index is 5.33. The zero-order valence-electron chi connectivity index (χ0n) is 12.4. The largest absolute Gasteiger partial charge is 0.473 e. The third-order valence-electron chi connectivity index (χ3n) is 3.64. The van der Waals surface area contributed by atoms with Crippen LogP contribution in [0.5, 0.6) is 0 Å². The van der Waals surface area contributed by atoms with Crippen LogP contribution in [-0.2, 0) is 4.74 Å².